The minimum absolute atomic E-state index is 0.0815. The number of benzene rings is 1. The number of esters is 2. The van der Waals surface area contributed by atoms with Crippen molar-refractivity contribution in [3.8, 4) is 0 Å². The Kier molecular flexibility index (Phi) is 3.40. The predicted molar refractivity (Wildman–Crippen MR) is 59.8 cm³/mol. The van der Waals surface area contributed by atoms with Gasteiger partial charge in [0.25, 0.3) is 0 Å². The van der Waals surface area contributed by atoms with Crippen LogP contribution >= 0.6 is 11.6 Å². The van der Waals surface area contributed by atoms with E-state index in [1.807, 2.05) is 0 Å². The maximum Gasteiger partial charge on any atom is 0.418 e. The van der Waals surface area contributed by atoms with Crippen LogP contribution in [0.15, 0.2) is 18.2 Å². The normalized spacial score (nSPS) is 16.5. The van der Waals surface area contributed by atoms with E-state index in [2.05, 4.69) is 4.74 Å². The molecule has 0 radical (unpaired) electrons. The number of carbonyl (C=O) groups excluding carboxylic acids is 2. The molecule has 8 heteroatoms. The molecule has 1 aromatic rings. The van der Waals surface area contributed by atoms with Gasteiger partial charge in [0, 0.05) is 5.02 Å². The van der Waals surface area contributed by atoms with E-state index < -0.39 is 36.8 Å². The summed E-state index contributed by atoms with van der Waals surface area (Å²) in [4.78, 5) is 23.2. The topological polar surface area (TPSA) is 46.6 Å². The lowest BCUT2D eigenvalue weighted by Gasteiger charge is -2.28. The molecule has 0 saturated carbocycles. The Morgan fingerprint density at radius 1 is 1.16 bits per heavy atom. The average molecular weight is 294 g/mol. The fourth-order valence-electron chi connectivity index (χ4n) is 1.74. The first kappa shape index (κ1) is 13.7. The monoisotopic (exact) mass is 293 g/mol. The lowest BCUT2D eigenvalue weighted by atomic mass is 10.1. The second-order valence-electron chi connectivity index (χ2n) is 3.86. The number of anilines is 1. The maximum absolute atomic E-state index is 12.9. The first-order valence-corrected chi connectivity index (χ1v) is 5.50. The largest absolute Gasteiger partial charge is 0.418 e. The van der Waals surface area contributed by atoms with E-state index in [9.17, 15) is 22.8 Å². The molecule has 0 N–H and O–H groups in total. The van der Waals surface area contributed by atoms with Gasteiger partial charge in [-0.25, -0.2) is 9.59 Å². The van der Waals surface area contributed by atoms with E-state index in [0.717, 1.165) is 17.0 Å². The van der Waals surface area contributed by atoms with E-state index >= 15 is 0 Å². The molecule has 2 rings (SSSR count). The van der Waals surface area contributed by atoms with Crippen molar-refractivity contribution < 1.29 is 27.5 Å². The van der Waals surface area contributed by atoms with Crippen LogP contribution in [0.2, 0.25) is 5.02 Å². The molecule has 0 aliphatic carbocycles. The van der Waals surface area contributed by atoms with E-state index in [1.165, 1.54) is 6.07 Å². The van der Waals surface area contributed by atoms with E-state index in [1.54, 1.807) is 0 Å². The number of halogens is 4. The van der Waals surface area contributed by atoms with Crippen LogP contribution in [0, 0.1) is 0 Å². The number of alkyl halides is 3. The van der Waals surface area contributed by atoms with Gasteiger partial charge in [0.15, 0.2) is 0 Å². The van der Waals surface area contributed by atoms with Crippen LogP contribution in [-0.2, 0) is 20.5 Å². The molecule has 1 aliphatic rings. The number of carbonyl (C=O) groups is 2. The number of hydrogen-bond donors (Lipinski definition) is 0. The molecule has 0 aromatic heterocycles. The predicted octanol–water partition coefficient (Wildman–Crippen LogP) is 2.25. The van der Waals surface area contributed by atoms with Crippen molar-refractivity contribution in [3.05, 3.63) is 28.8 Å². The molecular formula is C11H7ClF3NO3. The Bertz CT molecular complexity index is 528. The molecule has 0 amide bonds. The first-order valence-electron chi connectivity index (χ1n) is 5.12. The summed E-state index contributed by atoms with van der Waals surface area (Å²) < 4.78 is 42.9. The first-order chi connectivity index (χ1) is 8.77. The number of ether oxygens (including phenoxy) is 1. The van der Waals surface area contributed by atoms with E-state index in [0.29, 0.717) is 0 Å². The van der Waals surface area contributed by atoms with Crippen molar-refractivity contribution in [1.29, 1.82) is 0 Å². The van der Waals surface area contributed by atoms with Crippen LogP contribution in [0.5, 0.6) is 0 Å². The Labute approximate surface area is 110 Å². The quantitative estimate of drug-likeness (QED) is 0.588. The van der Waals surface area contributed by atoms with Crippen molar-refractivity contribution in [2.75, 3.05) is 18.0 Å². The Hall–Kier alpha value is -1.76. The van der Waals surface area contributed by atoms with Gasteiger partial charge in [-0.1, -0.05) is 11.6 Å². The number of nitrogens with zero attached hydrogens (tertiary/aromatic N) is 1. The summed E-state index contributed by atoms with van der Waals surface area (Å²) in [5, 5.41) is -0.0815. The van der Waals surface area contributed by atoms with Gasteiger partial charge in [-0.2, -0.15) is 13.2 Å². The number of hydrogen-bond acceptors (Lipinski definition) is 4. The van der Waals surface area contributed by atoms with Crippen molar-refractivity contribution in [3.63, 3.8) is 0 Å². The second-order valence-corrected chi connectivity index (χ2v) is 4.30. The third-order valence-electron chi connectivity index (χ3n) is 2.47. The van der Waals surface area contributed by atoms with Crippen LogP contribution in [-0.4, -0.2) is 25.0 Å². The Morgan fingerprint density at radius 2 is 1.74 bits per heavy atom. The summed E-state index contributed by atoms with van der Waals surface area (Å²) in [6, 6.07) is 3.13. The summed E-state index contributed by atoms with van der Waals surface area (Å²) in [6.07, 6.45) is -4.63. The van der Waals surface area contributed by atoms with Gasteiger partial charge >= 0.3 is 18.1 Å². The molecule has 1 heterocycles. The number of cyclic esters (lactones) is 2. The zero-order valence-electron chi connectivity index (χ0n) is 9.33. The summed E-state index contributed by atoms with van der Waals surface area (Å²) >= 11 is 5.54. The number of rotatable bonds is 1. The molecule has 4 nitrogen and oxygen atoms in total. The summed E-state index contributed by atoms with van der Waals surface area (Å²) in [6.45, 7) is -0.840. The van der Waals surface area contributed by atoms with E-state index in [4.69, 9.17) is 11.6 Å². The van der Waals surface area contributed by atoms with Gasteiger partial charge in [0.1, 0.15) is 13.1 Å². The van der Waals surface area contributed by atoms with Crippen LogP contribution in [0.4, 0.5) is 18.9 Å². The van der Waals surface area contributed by atoms with Crippen molar-refractivity contribution >= 4 is 29.2 Å². The molecule has 0 unspecified atom stereocenters. The van der Waals surface area contributed by atoms with Crippen molar-refractivity contribution in [2.24, 2.45) is 0 Å². The fraction of sp³-hybridized carbons (Fsp3) is 0.273. The molecule has 0 atom stereocenters. The third-order valence-corrected chi connectivity index (χ3v) is 2.71. The average Bonchev–Trinajstić information content (AvgIpc) is 2.26. The maximum atomic E-state index is 12.9. The van der Waals surface area contributed by atoms with Gasteiger partial charge in [0.05, 0.1) is 11.3 Å². The molecular weight excluding hydrogens is 287 g/mol. The highest BCUT2D eigenvalue weighted by Crippen LogP contribution is 2.38. The molecule has 1 aromatic carbocycles. The zero-order valence-corrected chi connectivity index (χ0v) is 10.1. The van der Waals surface area contributed by atoms with Crippen LogP contribution in [0.25, 0.3) is 0 Å². The molecule has 1 fully saturated rings. The second kappa shape index (κ2) is 4.73. The Balaban J connectivity index is 2.44. The molecule has 1 aliphatic heterocycles. The van der Waals surface area contributed by atoms with Gasteiger partial charge in [-0.05, 0) is 18.2 Å². The van der Waals surface area contributed by atoms with Gasteiger partial charge in [-0.3, -0.25) is 0 Å². The van der Waals surface area contributed by atoms with Crippen molar-refractivity contribution in [2.45, 2.75) is 6.18 Å². The molecule has 19 heavy (non-hydrogen) atoms. The summed E-state index contributed by atoms with van der Waals surface area (Å²) in [5.74, 6) is -1.78. The third kappa shape index (κ3) is 2.98. The van der Waals surface area contributed by atoms with Gasteiger partial charge in [-0.15, -0.1) is 0 Å². The standard InChI is InChI=1S/C11H7ClF3NO3/c12-6-1-2-8(7(3-6)11(13,14)15)16-4-9(17)19-10(18)5-16/h1-3H,4-5H2. The molecule has 0 bridgehead atoms. The van der Waals surface area contributed by atoms with E-state index in [-0.39, 0.29) is 10.7 Å². The van der Waals surface area contributed by atoms with Gasteiger partial charge < -0.3 is 9.64 Å². The summed E-state index contributed by atoms with van der Waals surface area (Å²) in [5.41, 5.74) is -1.27. The molecule has 0 spiro atoms. The SMILES string of the molecule is O=C1CN(c2ccc(Cl)cc2C(F)(F)F)CC(=O)O1. The highest BCUT2D eigenvalue weighted by molar-refractivity contribution is 6.30. The number of morpholine rings is 1. The molecule has 102 valence electrons. The van der Waals surface area contributed by atoms with Crippen LogP contribution in [0.1, 0.15) is 5.56 Å². The minimum atomic E-state index is -4.63. The lowest BCUT2D eigenvalue weighted by Crippen LogP contribution is -2.43. The highest BCUT2D eigenvalue weighted by Gasteiger charge is 2.37. The smallest absolute Gasteiger partial charge is 0.390 e. The highest BCUT2D eigenvalue weighted by atomic mass is 35.5. The minimum Gasteiger partial charge on any atom is -0.390 e. The zero-order chi connectivity index (χ0) is 14.2. The van der Waals surface area contributed by atoms with Gasteiger partial charge in [0.2, 0.25) is 0 Å². The van der Waals surface area contributed by atoms with Crippen molar-refractivity contribution in [1.82, 2.24) is 0 Å². The van der Waals surface area contributed by atoms with Crippen LogP contribution in [0.3, 0.4) is 0 Å². The fourth-order valence-corrected chi connectivity index (χ4v) is 1.91. The van der Waals surface area contributed by atoms with Crippen LogP contribution < -0.4 is 4.90 Å². The Morgan fingerprint density at radius 3 is 2.26 bits per heavy atom. The summed E-state index contributed by atoms with van der Waals surface area (Å²) in [7, 11) is 0. The lowest BCUT2D eigenvalue weighted by molar-refractivity contribution is -0.160. The molecule has 1 saturated heterocycles.